The largest absolute Gasteiger partial charge is 0.368 e. The smallest absolute Gasteiger partial charge is 0.243 e. The van der Waals surface area contributed by atoms with Crippen molar-refractivity contribution >= 4 is 17.3 Å². The maximum Gasteiger partial charge on any atom is 0.243 e. The number of hydrogen-bond acceptors (Lipinski definition) is 5. The molecule has 0 bridgehead atoms. The zero-order valence-corrected chi connectivity index (χ0v) is 16.7. The number of rotatable bonds is 7. The van der Waals surface area contributed by atoms with E-state index in [2.05, 4.69) is 13.8 Å². The van der Waals surface area contributed by atoms with Gasteiger partial charge in [0, 0.05) is 42.5 Å². The summed E-state index contributed by atoms with van der Waals surface area (Å²) in [5, 5.41) is 0. The lowest BCUT2D eigenvalue weighted by Crippen LogP contribution is -2.35. The molecule has 4 N–H and O–H groups in total. The molecule has 1 aromatic rings. The molecule has 154 valence electrons. The number of carbonyl (C=O) groups excluding carboxylic acids is 2. The van der Waals surface area contributed by atoms with Crippen LogP contribution in [0.5, 0.6) is 0 Å². The van der Waals surface area contributed by atoms with Crippen molar-refractivity contribution in [2.45, 2.75) is 26.4 Å². The topological polar surface area (TPSA) is 98.6 Å². The first-order valence-corrected chi connectivity index (χ1v) is 9.62. The molecule has 1 aliphatic carbocycles. The lowest BCUT2D eigenvalue weighted by Gasteiger charge is -2.36. The minimum Gasteiger partial charge on any atom is -0.368 e. The molecule has 0 spiro atoms. The summed E-state index contributed by atoms with van der Waals surface area (Å²) >= 11 is 0. The van der Waals surface area contributed by atoms with E-state index in [9.17, 15) is 14.0 Å². The van der Waals surface area contributed by atoms with E-state index in [1.807, 2.05) is 11.1 Å². The monoisotopic (exact) mass is 399 g/mol. The average molecular weight is 399 g/mol. The molecular weight excluding hydrogens is 373 g/mol. The Morgan fingerprint density at radius 3 is 2.69 bits per heavy atom. The van der Waals surface area contributed by atoms with Crippen LogP contribution < -0.4 is 11.5 Å². The van der Waals surface area contributed by atoms with E-state index in [1.165, 1.54) is 6.07 Å². The number of ketones is 1. The molecule has 29 heavy (non-hydrogen) atoms. The van der Waals surface area contributed by atoms with Crippen molar-refractivity contribution in [3.8, 4) is 0 Å². The molecule has 0 radical (unpaired) electrons. The molecule has 3 rings (SSSR count). The van der Waals surface area contributed by atoms with Gasteiger partial charge in [0.2, 0.25) is 5.91 Å². The maximum absolute atomic E-state index is 14.8. The lowest BCUT2D eigenvalue weighted by molar-refractivity contribution is -0.132. The van der Waals surface area contributed by atoms with Crippen molar-refractivity contribution in [3.63, 3.8) is 0 Å². The number of benzene rings is 1. The summed E-state index contributed by atoms with van der Waals surface area (Å²) in [6.45, 7) is 4.71. The average Bonchev–Trinajstić information content (AvgIpc) is 2.65. The van der Waals surface area contributed by atoms with E-state index >= 15 is 0 Å². The Morgan fingerprint density at radius 2 is 2.07 bits per heavy atom. The van der Waals surface area contributed by atoms with E-state index in [0.717, 1.165) is 11.3 Å². The van der Waals surface area contributed by atoms with Crippen LogP contribution in [-0.4, -0.2) is 42.4 Å². The molecule has 0 saturated heterocycles. The third-order valence-electron chi connectivity index (χ3n) is 4.87. The fraction of sp³-hybridized carbons (Fsp3) is 0.364. The Balaban J connectivity index is 2.15. The SMILES string of the molecule is CC(C)CN1C=C2CC(=O)C(OCC(N)=O)C=C2C(c2ccccc2F)=C1CN. The van der Waals surface area contributed by atoms with E-state index in [0.29, 0.717) is 29.2 Å². The normalized spacial score (nSPS) is 19.3. The van der Waals surface area contributed by atoms with Crippen molar-refractivity contribution in [2.75, 3.05) is 19.7 Å². The first kappa shape index (κ1) is 21.0. The number of hydrogen-bond donors (Lipinski definition) is 2. The van der Waals surface area contributed by atoms with Crippen LogP contribution in [-0.2, 0) is 14.3 Å². The van der Waals surface area contributed by atoms with Crippen LogP contribution in [0.2, 0.25) is 0 Å². The second-order valence-corrected chi connectivity index (χ2v) is 7.63. The van der Waals surface area contributed by atoms with Gasteiger partial charge >= 0.3 is 0 Å². The van der Waals surface area contributed by atoms with Crippen molar-refractivity contribution < 1.29 is 18.7 Å². The molecule has 1 atom stereocenters. The summed E-state index contributed by atoms with van der Waals surface area (Å²) < 4.78 is 20.2. The number of nitrogens with zero attached hydrogens (tertiary/aromatic N) is 1. The number of halogens is 1. The Labute approximate surface area is 169 Å². The number of allylic oxidation sites excluding steroid dienone is 3. The Kier molecular flexibility index (Phi) is 6.30. The highest BCUT2D eigenvalue weighted by atomic mass is 19.1. The third kappa shape index (κ3) is 4.46. The quantitative estimate of drug-likeness (QED) is 0.732. The molecule has 1 aromatic carbocycles. The fourth-order valence-electron chi connectivity index (χ4n) is 3.71. The molecule has 0 aromatic heterocycles. The minimum absolute atomic E-state index is 0.125. The van der Waals surface area contributed by atoms with Gasteiger partial charge in [0.1, 0.15) is 18.5 Å². The first-order chi connectivity index (χ1) is 13.8. The first-order valence-electron chi connectivity index (χ1n) is 9.62. The van der Waals surface area contributed by atoms with Crippen molar-refractivity contribution in [1.82, 2.24) is 4.90 Å². The van der Waals surface area contributed by atoms with Crippen LogP contribution >= 0.6 is 0 Å². The maximum atomic E-state index is 14.8. The Bertz CT molecular complexity index is 918. The number of ether oxygens (including phenoxy) is 1. The van der Waals surface area contributed by atoms with Crippen LogP contribution in [0.25, 0.3) is 5.57 Å². The summed E-state index contributed by atoms with van der Waals surface area (Å²) in [6, 6.07) is 6.49. The van der Waals surface area contributed by atoms with Gasteiger partial charge in [0.15, 0.2) is 5.78 Å². The second-order valence-electron chi connectivity index (χ2n) is 7.63. The highest BCUT2D eigenvalue weighted by Gasteiger charge is 2.34. The van der Waals surface area contributed by atoms with Crippen LogP contribution in [0.4, 0.5) is 4.39 Å². The van der Waals surface area contributed by atoms with Crippen LogP contribution in [0.3, 0.4) is 0 Å². The number of Topliss-reactive ketones (excluding diaryl/α,β-unsaturated/α-hetero) is 1. The summed E-state index contributed by atoms with van der Waals surface area (Å²) in [6.07, 6.45) is 2.78. The molecule has 1 amide bonds. The molecule has 0 saturated carbocycles. The number of carbonyl (C=O) groups is 2. The highest BCUT2D eigenvalue weighted by Crippen LogP contribution is 2.42. The molecule has 2 aliphatic rings. The minimum atomic E-state index is -0.910. The van der Waals surface area contributed by atoms with Crippen molar-refractivity contribution in [3.05, 3.63) is 64.8 Å². The molecule has 1 unspecified atom stereocenters. The van der Waals surface area contributed by atoms with Gasteiger partial charge < -0.3 is 21.1 Å². The Hall–Kier alpha value is -2.77. The summed E-state index contributed by atoms with van der Waals surface area (Å²) in [5.74, 6) is -0.857. The zero-order chi connectivity index (χ0) is 21.1. The van der Waals surface area contributed by atoms with Gasteiger partial charge in [0.05, 0.1) is 0 Å². The molecular formula is C22H26FN3O3. The van der Waals surface area contributed by atoms with Gasteiger partial charge in [-0.05, 0) is 29.2 Å². The number of nitrogens with two attached hydrogens (primary N) is 2. The lowest BCUT2D eigenvalue weighted by atomic mass is 9.81. The summed E-state index contributed by atoms with van der Waals surface area (Å²) in [7, 11) is 0. The number of primary amides is 1. The van der Waals surface area contributed by atoms with Crippen molar-refractivity contribution in [2.24, 2.45) is 17.4 Å². The van der Waals surface area contributed by atoms with E-state index in [4.69, 9.17) is 16.2 Å². The summed E-state index contributed by atoms with van der Waals surface area (Å²) in [5.41, 5.74) is 14.6. The molecule has 1 aliphatic heterocycles. The Morgan fingerprint density at radius 1 is 1.34 bits per heavy atom. The van der Waals surface area contributed by atoms with Crippen LogP contribution in [0.1, 0.15) is 25.8 Å². The second kappa shape index (κ2) is 8.71. The van der Waals surface area contributed by atoms with Gasteiger partial charge in [-0.1, -0.05) is 32.0 Å². The predicted molar refractivity (Wildman–Crippen MR) is 109 cm³/mol. The molecule has 6 nitrogen and oxygen atoms in total. The van der Waals surface area contributed by atoms with Crippen LogP contribution in [0.15, 0.2) is 53.4 Å². The fourth-order valence-corrected chi connectivity index (χ4v) is 3.71. The zero-order valence-electron chi connectivity index (χ0n) is 16.7. The van der Waals surface area contributed by atoms with E-state index < -0.39 is 12.0 Å². The van der Waals surface area contributed by atoms with Gasteiger partial charge in [-0.3, -0.25) is 9.59 Å². The molecule has 0 fully saturated rings. The van der Waals surface area contributed by atoms with Gasteiger partial charge in [0.25, 0.3) is 0 Å². The highest BCUT2D eigenvalue weighted by molar-refractivity contribution is 5.97. The van der Waals surface area contributed by atoms with Gasteiger partial charge in [-0.15, -0.1) is 0 Å². The predicted octanol–water partition coefficient (Wildman–Crippen LogP) is 2.12. The van der Waals surface area contributed by atoms with E-state index in [-0.39, 0.29) is 31.2 Å². The summed E-state index contributed by atoms with van der Waals surface area (Å²) in [4.78, 5) is 25.6. The van der Waals surface area contributed by atoms with Crippen molar-refractivity contribution in [1.29, 1.82) is 0 Å². The van der Waals surface area contributed by atoms with E-state index in [1.54, 1.807) is 24.3 Å². The van der Waals surface area contributed by atoms with Gasteiger partial charge in [-0.2, -0.15) is 0 Å². The molecule has 7 heteroatoms. The van der Waals surface area contributed by atoms with Crippen LogP contribution in [0, 0.1) is 11.7 Å². The molecule has 1 heterocycles. The van der Waals surface area contributed by atoms with Gasteiger partial charge in [-0.25, -0.2) is 4.39 Å². The third-order valence-corrected chi connectivity index (χ3v) is 4.87. The number of fused-ring (bicyclic) bond motifs is 1. The standard InChI is InChI=1S/C22H26FN3O3/c1-13(2)10-26-11-14-7-19(27)20(29-12-21(25)28)8-16(14)22(18(26)9-24)15-5-3-4-6-17(15)23/h3-6,8,11,13,20H,7,9-10,12,24H2,1-2H3,(H2,25,28). The number of amides is 1.